The molecule has 0 amide bonds. The summed E-state index contributed by atoms with van der Waals surface area (Å²) < 4.78 is 10.5. The van der Waals surface area contributed by atoms with Crippen molar-refractivity contribution < 1.29 is 19.4 Å². The lowest BCUT2D eigenvalue weighted by molar-refractivity contribution is -0.142. The van der Waals surface area contributed by atoms with Crippen LogP contribution in [0.4, 0.5) is 0 Å². The number of rotatable bonds is 5. The maximum Gasteiger partial charge on any atom is 0.308 e. The van der Waals surface area contributed by atoms with Gasteiger partial charge in [0, 0.05) is 11.8 Å². The van der Waals surface area contributed by atoms with Gasteiger partial charge >= 0.3 is 5.97 Å². The Hall–Kier alpha value is -3.27. The first-order valence-corrected chi connectivity index (χ1v) is 9.23. The van der Waals surface area contributed by atoms with Crippen LogP contribution in [0.3, 0.4) is 0 Å². The Morgan fingerprint density at radius 1 is 0.714 bits per heavy atom. The van der Waals surface area contributed by atoms with Gasteiger partial charge in [-0.1, -0.05) is 48.5 Å². The summed E-state index contributed by atoms with van der Waals surface area (Å²) in [5.41, 5.74) is 4.11. The maximum absolute atomic E-state index is 12.4. The zero-order chi connectivity index (χ0) is 19.7. The molecule has 142 valence electrons. The number of benzene rings is 3. The Bertz CT molecular complexity index is 902. The van der Waals surface area contributed by atoms with Gasteiger partial charge in [-0.2, -0.15) is 0 Å². The van der Waals surface area contributed by atoms with E-state index in [0.717, 1.165) is 33.8 Å². The molecular weight excluding hydrogens is 352 g/mol. The second kappa shape index (κ2) is 7.39. The fourth-order valence-electron chi connectivity index (χ4n) is 4.34. The van der Waals surface area contributed by atoms with Crippen LogP contribution in [0.25, 0.3) is 0 Å². The quantitative estimate of drug-likeness (QED) is 0.704. The van der Waals surface area contributed by atoms with Crippen LogP contribution in [-0.2, 0) is 4.79 Å². The van der Waals surface area contributed by atoms with Gasteiger partial charge in [-0.25, -0.2) is 0 Å². The lowest BCUT2D eigenvalue weighted by Gasteiger charge is -2.23. The number of hydrogen-bond donors (Lipinski definition) is 1. The highest BCUT2D eigenvalue weighted by atomic mass is 16.5. The third kappa shape index (κ3) is 3.01. The first kappa shape index (κ1) is 18.1. The summed E-state index contributed by atoms with van der Waals surface area (Å²) in [6.45, 7) is 0. The van der Waals surface area contributed by atoms with Crippen molar-refractivity contribution in [2.24, 2.45) is 5.92 Å². The van der Waals surface area contributed by atoms with Crippen LogP contribution in [0, 0.1) is 5.92 Å². The molecule has 0 saturated heterocycles. The Morgan fingerprint density at radius 3 is 1.43 bits per heavy atom. The molecule has 0 heterocycles. The lowest BCUT2D eigenvalue weighted by Crippen LogP contribution is -2.23. The highest BCUT2D eigenvalue weighted by Gasteiger charge is 2.46. The van der Waals surface area contributed by atoms with Crippen LogP contribution in [0.1, 0.15) is 34.1 Å². The molecule has 0 bridgehead atoms. The van der Waals surface area contributed by atoms with Crippen molar-refractivity contribution in [2.75, 3.05) is 14.2 Å². The zero-order valence-corrected chi connectivity index (χ0v) is 15.8. The van der Waals surface area contributed by atoms with Gasteiger partial charge in [0.15, 0.2) is 0 Å². The first-order valence-electron chi connectivity index (χ1n) is 9.23. The molecule has 0 spiro atoms. The molecule has 0 aliphatic heterocycles. The van der Waals surface area contributed by atoms with Crippen LogP contribution in [0.15, 0.2) is 72.8 Å². The van der Waals surface area contributed by atoms with Crippen molar-refractivity contribution in [3.05, 3.63) is 95.1 Å². The summed E-state index contributed by atoms with van der Waals surface area (Å²) >= 11 is 0. The van der Waals surface area contributed by atoms with Gasteiger partial charge in [-0.3, -0.25) is 4.79 Å². The fraction of sp³-hybridized carbons (Fsp3) is 0.208. The molecule has 28 heavy (non-hydrogen) atoms. The summed E-state index contributed by atoms with van der Waals surface area (Å²) in [5, 5.41) is 10.2. The Balaban J connectivity index is 1.85. The Labute approximate surface area is 164 Å². The van der Waals surface area contributed by atoms with Crippen LogP contribution in [0.5, 0.6) is 11.5 Å². The topological polar surface area (TPSA) is 55.8 Å². The van der Waals surface area contributed by atoms with Gasteiger partial charge in [0.25, 0.3) is 0 Å². The number of carboxylic acid groups (broad SMARTS) is 1. The number of hydrogen-bond acceptors (Lipinski definition) is 3. The highest BCUT2D eigenvalue weighted by molar-refractivity contribution is 5.77. The van der Waals surface area contributed by atoms with E-state index in [1.807, 2.05) is 72.8 Å². The molecule has 1 unspecified atom stereocenters. The molecule has 0 radical (unpaired) electrons. The van der Waals surface area contributed by atoms with E-state index in [1.54, 1.807) is 14.2 Å². The van der Waals surface area contributed by atoms with E-state index in [1.165, 1.54) is 0 Å². The standard InChI is InChI=1S/C24H22O4/c1-27-17-11-7-15(8-12-17)21-19-5-3-4-6-20(19)22(23(21)24(25)26)16-9-13-18(28-2)14-10-16/h3-14,21-23H,1-2H3,(H,25,26)/t21-,22+,23?. The number of aliphatic carboxylic acids is 1. The third-order valence-electron chi connectivity index (χ3n) is 5.62. The van der Waals surface area contributed by atoms with E-state index in [4.69, 9.17) is 9.47 Å². The zero-order valence-electron chi connectivity index (χ0n) is 15.8. The Morgan fingerprint density at radius 2 is 1.11 bits per heavy atom. The van der Waals surface area contributed by atoms with Crippen LogP contribution in [0.2, 0.25) is 0 Å². The fourth-order valence-corrected chi connectivity index (χ4v) is 4.34. The molecule has 1 aliphatic rings. The van der Waals surface area contributed by atoms with E-state index in [0.29, 0.717) is 0 Å². The molecule has 0 aromatic heterocycles. The number of carboxylic acids is 1. The molecule has 4 heteroatoms. The van der Waals surface area contributed by atoms with E-state index < -0.39 is 11.9 Å². The van der Waals surface area contributed by atoms with E-state index in [2.05, 4.69) is 0 Å². The predicted molar refractivity (Wildman–Crippen MR) is 107 cm³/mol. The second-order valence-electron chi connectivity index (χ2n) is 6.99. The minimum absolute atomic E-state index is 0.216. The average molecular weight is 374 g/mol. The summed E-state index contributed by atoms with van der Waals surface area (Å²) in [4.78, 5) is 12.4. The van der Waals surface area contributed by atoms with Crippen LogP contribution >= 0.6 is 0 Å². The first-order chi connectivity index (χ1) is 13.6. The number of fused-ring (bicyclic) bond motifs is 1. The highest BCUT2D eigenvalue weighted by Crippen LogP contribution is 2.52. The number of ether oxygens (including phenoxy) is 2. The molecule has 0 saturated carbocycles. The summed E-state index contributed by atoms with van der Waals surface area (Å²) in [6, 6.07) is 23.4. The summed E-state index contributed by atoms with van der Waals surface area (Å²) in [7, 11) is 3.25. The molecule has 3 atom stereocenters. The molecule has 0 fully saturated rings. The van der Waals surface area contributed by atoms with Crippen molar-refractivity contribution in [1.29, 1.82) is 0 Å². The largest absolute Gasteiger partial charge is 0.497 e. The van der Waals surface area contributed by atoms with Gasteiger partial charge in [-0.15, -0.1) is 0 Å². The molecule has 3 aromatic rings. The normalized spacial score (nSPS) is 20.4. The molecule has 1 N–H and O–H groups in total. The maximum atomic E-state index is 12.4. The van der Waals surface area contributed by atoms with Crippen molar-refractivity contribution in [1.82, 2.24) is 0 Å². The lowest BCUT2D eigenvalue weighted by atomic mass is 9.79. The van der Waals surface area contributed by atoms with Crippen molar-refractivity contribution in [3.8, 4) is 11.5 Å². The number of methoxy groups -OCH3 is 2. The van der Waals surface area contributed by atoms with E-state index in [9.17, 15) is 9.90 Å². The van der Waals surface area contributed by atoms with Gasteiger partial charge in [0.05, 0.1) is 20.1 Å². The number of carbonyl (C=O) groups is 1. The molecule has 4 nitrogen and oxygen atoms in total. The van der Waals surface area contributed by atoms with Crippen molar-refractivity contribution in [2.45, 2.75) is 11.8 Å². The summed E-state index contributed by atoms with van der Waals surface area (Å²) in [6.07, 6.45) is 0. The van der Waals surface area contributed by atoms with E-state index >= 15 is 0 Å². The predicted octanol–water partition coefficient (Wildman–Crippen LogP) is 4.68. The molecule has 4 rings (SSSR count). The molecular formula is C24H22O4. The minimum Gasteiger partial charge on any atom is -0.497 e. The van der Waals surface area contributed by atoms with Gasteiger partial charge in [0.1, 0.15) is 11.5 Å². The molecule has 3 aromatic carbocycles. The third-order valence-corrected chi connectivity index (χ3v) is 5.62. The monoisotopic (exact) mass is 374 g/mol. The minimum atomic E-state index is -0.794. The average Bonchev–Trinajstić information content (AvgIpc) is 3.09. The second-order valence-corrected chi connectivity index (χ2v) is 6.99. The molecule has 1 aliphatic carbocycles. The Kier molecular flexibility index (Phi) is 4.78. The van der Waals surface area contributed by atoms with Crippen LogP contribution < -0.4 is 9.47 Å². The summed E-state index contributed by atoms with van der Waals surface area (Å²) in [5.74, 6) is -0.294. The SMILES string of the molecule is COc1ccc([C@@H]2c3ccccc3[C@H](c3ccc(OC)cc3)C2C(=O)O)cc1. The van der Waals surface area contributed by atoms with Crippen molar-refractivity contribution >= 4 is 5.97 Å². The van der Waals surface area contributed by atoms with Gasteiger partial charge < -0.3 is 14.6 Å². The van der Waals surface area contributed by atoms with Crippen molar-refractivity contribution in [3.63, 3.8) is 0 Å². The van der Waals surface area contributed by atoms with Gasteiger partial charge in [-0.05, 0) is 46.5 Å². The van der Waals surface area contributed by atoms with Crippen LogP contribution in [-0.4, -0.2) is 25.3 Å². The smallest absolute Gasteiger partial charge is 0.308 e. The van der Waals surface area contributed by atoms with E-state index in [-0.39, 0.29) is 11.8 Å². The van der Waals surface area contributed by atoms with Gasteiger partial charge in [0.2, 0.25) is 0 Å².